The van der Waals surface area contributed by atoms with E-state index < -0.39 is 0 Å². The zero-order chi connectivity index (χ0) is 19.8. The number of methoxy groups -OCH3 is 4. The second kappa shape index (κ2) is 9.69. The highest BCUT2D eigenvalue weighted by atomic mass is 35.5. The Bertz CT molecular complexity index is 871. The molecular formula is C21H21ClO5. The number of hydrogen-bond acceptors (Lipinski definition) is 5. The van der Waals surface area contributed by atoms with Gasteiger partial charge in [0.25, 0.3) is 0 Å². The monoisotopic (exact) mass is 388 g/mol. The predicted molar refractivity (Wildman–Crippen MR) is 106 cm³/mol. The van der Waals surface area contributed by atoms with Crippen LogP contribution in [0.5, 0.6) is 23.0 Å². The van der Waals surface area contributed by atoms with Gasteiger partial charge in [0.2, 0.25) is 0 Å². The van der Waals surface area contributed by atoms with E-state index in [1.165, 1.54) is 13.2 Å². The normalized spacial score (nSPS) is 11.4. The number of halogens is 1. The number of carbonyl (C=O) groups is 1. The van der Waals surface area contributed by atoms with E-state index in [9.17, 15) is 4.79 Å². The van der Waals surface area contributed by atoms with E-state index in [0.29, 0.717) is 39.2 Å². The van der Waals surface area contributed by atoms with Crippen molar-refractivity contribution in [1.82, 2.24) is 0 Å². The summed E-state index contributed by atoms with van der Waals surface area (Å²) in [5.74, 6) is 2.08. The van der Waals surface area contributed by atoms with Gasteiger partial charge in [-0.25, -0.2) is 0 Å². The Kier molecular flexibility index (Phi) is 7.32. The highest BCUT2D eigenvalue weighted by molar-refractivity contribution is 6.49. The van der Waals surface area contributed by atoms with E-state index in [2.05, 4.69) is 0 Å². The van der Waals surface area contributed by atoms with Crippen LogP contribution in [0, 0.1) is 0 Å². The maximum Gasteiger partial charge on any atom is 0.189 e. The number of allylic oxidation sites excluding steroid dienone is 3. The Hall–Kier alpha value is -2.92. The Labute approximate surface area is 163 Å². The fraction of sp³-hybridized carbons (Fsp3) is 0.190. The van der Waals surface area contributed by atoms with Crippen molar-refractivity contribution in [2.45, 2.75) is 0 Å². The molecule has 0 heterocycles. The van der Waals surface area contributed by atoms with Gasteiger partial charge in [0.05, 0.1) is 39.0 Å². The van der Waals surface area contributed by atoms with Crippen LogP contribution < -0.4 is 18.9 Å². The summed E-state index contributed by atoms with van der Waals surface area (Å²) in [6.45, 7) is 0. The molecule has 0 amide bonds. The van der Waals surface area contributed by atoms with Crippen LogP contribution in [0.2, 0.25) is 0 Å². The minimum atomic E-state index is -0.211. The van der Waals surface area contributed by atoms with Crippen LogP contribution in [-0.2, 0) is 0 Å². The molecule has 0 aromatic heterocycles. The first kappa shape index (κ1) is 20.4. The van der Waals surface area contributed by atoms with Crippen LogP contribution in [0.4, 0.5) is 0 Å². The highest BCUT2D eigenvalue weighted by Gasteiger charge is 2.11. The topological polar surface area (TPSA) is 54.0 Å². The number of hydrogen-bond donors (Lipinski definition) is 0. The van der Waals surface area contributed by atoms with Gasteiger partial charge in [0.1, 0.15) is 23.0 Å². The number of carbonyl (C=O) groups excluding carboxylic acids is 1. The largest absolute Gasteiger partial charge is 0.497 e. The molecule has 0 fully saturated rings. The van der Waals surface area contributed by atoms with Gasteiger partial charge in [-0.1, -0.05) is 17.7 Å². The SMILES string of the molecule is COc1ccc(C(=O)/C=C/C=C(\Cl)c2ccc(OC)cc2OC)c(OC)c1. The van der Waals surface area contributed by atoms with Crippen LogP contribution in [0.25, 0.3) is 5.03 Å². The Morgan fingerprint density at radius 3 is 1.85 bits per heavy atom. The van der Waals surface area contributed by atoms with Gasteiger partial charge in [0.15, 0.2) is 5.78 Å². The van der Waals surface area contributed by atoms with Gasteiger partial charge in [-0.15, -0.1) is 0 Å². The molecule has 2 aromatic rings. The van der Waals surface area contributed by atoms with Gasteiger partial charge < -0.3 is 18.9 Å². The summed E-state index contributed by atoms with van der Waals surface area (Å²) in [6, 6.07) is 10.3. The number of ketones is 1. The van der Waals surface area contributed by atoms with Gasteiger partial charge in [0, 0.05) is 17.7 Å². The van der Waals surface area contributed by atoms with Gasteiger partial charge in [-0.3, -0.25) is 4.79 Å². The molecule has 0 bridgehead atoms. The Morgan fingerprint density at radius 2 is 1.33 bits per heavy atom. The molecule has 0 atom stereocenters. The summed E-state index contributed by atoms with van der Waals surface area (Å²) in [6.07, 6.45) is 4.63. The van der Waals surface area contributed by atoms with E-state index in [4.69, 9.17) is 30.5 Å². The minimum absolute atomic E-state index is 0.211. The van der Waals surface area contributed by atoms with Crippen molar-refractivity contribution in [3.63, 3.8) is 0 Å². The first-order chi connectivity index (χ1) is 13.0. The number of ether oxygens (including phenoxy) is 4. The summed E-state index contributed by atoms with van der Waals surface area (Å²) in [5.41, 5.74) is 1.13. The summed E-state index contributed by atoms with van der Waals surface area (Å²) in [7, 11) is 6.18. The lowest BCUT2D eigenvalue weighted by Gasteiger charge is -2.09. The summed E-state index contributed by atoms with van der Waals surface area (Å²) < 4.78 is 20.9. The zero-order valence-corrected chi connectivity index (χ0v) is 16.4. The Morgan fingerprint density at radius 1 is 0.815 bits per heavy atom. The van der Waals surface area contributed by atoms with Crippen LogP contribution in [0.1, 0.15) is 15.9 Å². The molecule has 0 aliphatic heterocycles. The smallest absolute Gasteiger partial charge is 0.189 e. The first-order valence-corrected chi connectivity index (χ1v) is 8.44. The van der Waals surface area contributed by atoms with Gasteiger partial charge >= 0.3 is 0 Å². The molecule has 27 heavy (non-hydrogen) atoms. The second-order valence-electron chi connectivity index (χ2n) is 5.37. The van der Waals surface area contributed by atoms with Crippen LogP contribution >= 0.6 is 11.6 Å². The van der Waals surface area contributed by atoms with Crippen molar-refractivity contribution < 1.29 is 23.7 Å². The van der Waals surface area contributed by atoms with E-state index in [0.717, 1.165) is 0 Å². The zero-order valence-electron chi connectivity index (χ0n) is 15.6. The maximum atomic E-state index is 12.4. The Balaban J connectivity index is 2.22. The molecule has 0 spiro atoms. The maximum absolute atomic E-state index is 12.4. The molecule has 2 aromatic carbocycles. The van der Waals surface area contributed by atoms with Crippen molar-refractivity contribution in [2.75, 3.05) is 28.4 Å². The lowest BCUT2D eigenvalue weighted by Crippen LogP contribution is -1.99. The van der Waals surface area contributed by atoms with E-state index in [-0.39, 0.29) is 5.78 Å². The van der Waals surface area contributed by atoms with Crippen molar-refractivity contribution in [3.05, 3.63) is 65.8 Å². The molecule has 0 saturated heterocycles. The quantitative estimate of drug-likeness (QED) is 0.371. The first-order valence-electron chi connectivity index (χ1n) is 8.06. The molecule has 0 N–H and O–H groups in total. The number of rotatable bonds is 8. The fourth-order valence-electron chi connectivity index (χ4n) is 2.40. The molecular weight excluding hydrogens is 368 g/mol. The van der Waals surface area contributed by atoms with E-state index in [1.807, 2.05) is 0 Å². The lowest BCUT2D eigenvalue weighted by atomic mass is 10.1. The van der Waals surface area contributed by atoms with Crippen LogP contribution in [0.3, 0.4) is 0 Å². The highest BCUT2D eigenvalue weighted by Crippen LogP contribution is 2.32. The summed E-state index contributed by atoms with van der Waals surface area (Å²) >= 11 is 6.35. The predicted octanol–water partition coefficient (Wildman–Crippen LogP) is 4.74. The van der Waals surface area contributed by atoms with Crippen molar-refractivity contribution >= 4 is 22.4 Å². The second-order valence-corrected chi connectivity index (χ2v) is 5.78. The van der Waals surface area contributed by atoms with Crippen LogP contribution in [0.15, 0.2) is 54.6 Å². The average molecular weight is 389 g/mol. The molecule has 0 aliphatic carbocycles. The molecule has 2 rings (SSSR count). The van der Waals surface area contributed by atoms with Crippen molar-refractivity contribution in [1.29, 1.82) is 0 Å². The average Bonchev–Trinajstić information content (AvgIpc) is 2.72. The van der Waals surface area contributed by atoms with Gasteiger partial charge in [-0.2, -0.15) is 0 Å². The molecule has 5 nitrogen and oxygen atoms in total. The van der Waals surface area contributed by atoms with E-state index >= 15 is 0 Å². The molecule has 142 valence electrons. The molecule has 6 heteroatoms. The molecule has 0 saturated carbocycles. The van der Waals surface area contributed by atoms with Crippen molar-refractivity contribution in [2.24, 2.45) is 0 Å². The van der Waals surface area contributed by atoms with E-state index in [1.54, 1.807) is 69.9 Å². The molecule has 0 aliphatic rings. The number of benzene rings is 2. The minimum Gasteiger partial charge on any atom is -0.497 e. The van der Waals surface area contributed by atoms with Crippen LogP contribution in [-0.4, -0.2) is 34.2 Å². The third-order valence-electron chi connectivity index (χ3n) is 3.83. The third-order valence-corrected chi connectivity index (χ3v) is 4.16. The molecule has 0 unspecified atom stereocenters. The van der Waals surface area contributed by atoms with Crippen molar-refractivity contribution in [3.8, 4) is 23.0 Å². The fourth-order valence-corrected chi connectivity index (χ4v) is 2.63. The third kappa shape index (κ3) is 5.05. The summed E-state index contributed by atoms with van der Waals surface area (Å²) in [4.78, 5) is 12.4. The standard InChI is InChI=1S/C21H21ClO5/c1-24-14-8-10-16(20(12-14)26-3)18(22)6-5-7-19(23)17-11-9-15(25-2)13-21(17)27-4/h5-13H,1-4H3/b7-5+,18-6-. The summed E-state index contributed by atoms with van der Waals surface area (Å²) in [5, 5.41) is 0.431. The molecule has 0 radical (unpaired) electrons. The lowest BCUT2D eigenvalue weighted by molar-refractivity contribution is 0.104. The van der Waals surface area contributed by atoms with Gasteiger partial charge in [-0.05, 0) is 36.4 Å².